The molecule has 0 aliphatic heterocycles. The smallest absolute Gasteiger partial charge is 0.165 e. The summed E-state index contributed by atoms with van der Waals surface area (Å²) in [6, 6.07) is 4.56. The van der Waals surface area contributed by atoms with Gasteiger partial charge in [0.2, 0.25) is 0 Å². The number of ether oxygens (including phenoxy) is 1. The van der Waals surface area contributed by atoms with E-state index >= 15 is 0 Å². The van der Waals surface area contributed by atoms with E-state index in [4.69, 9.17) is 4.74 Å². The van der Waals surface area contributed by atoms with Crippen molar-refractivity contribution in [2.75, 3.05) is 0 Å². The molecule has 1 aromatic heterocycles. The molecule has 0 atom stereocenters. The van der Waals surface area contributed by atoms with Crippen LogP contribution in [0, 0.1) is 5.82 Å². The van der Waals surface area contributed by atoms with Crippen molar-refractivity contribution in [3.05, 3.63) is 40.6 Å². The molecule has 0 N–H and O–H groups in total. The van der Waals surface area contributed by atoms with Crippen LogP contribution >= 0.6 is 15.9 Å². The summed E-state index contributed by atoms with van der Waals surface area (Å²) >= 11 is 3.26. The third kappa shape index (κ3) is 2.82. The molecule has 0 fully saturated rings. The highest BCUT2D eigenvalue weighted by molar-refractivity contribution is 9.10. The van der Waals surface area contributed by atoms with Gasteiger partial charge in [-0.05, 0) is 25.1 Å². The molecule has 2 aromatic rings. The van der Waals surface area contributed by atoms with Gasteiger partial charge in [0.1, 0.15) is 12.9 Å². The molecular weight excluding hydrogens is 289 g/mol. The topological polar surface area (TPSA) is 39.9 Å². The summed E-state index contributed by atoms with van der Waals surface area (Å²) in [5, 5.41) is 4.01. The Balaban J connectivity index is 2.09. The van der Waals surface area contributed by atoms with Gasteiger partial charge >= 0.3 is 0 Å². The van der Waals surface area contributed by atoms with E-state index in [0.29, 0.717) is 12.4 Å². The Morgan fingerprint density at radius 2 is 2.29 bits per heavy atom. The number of hydrogen-bond donors (Lipinski definition) is 0. The van der Waals surface area contributed by atoms with Crippen LogP contribution in [0.25, 0.3) is 0 Å². The van der Waals surface area contributed by atoms with E-state index in [9.17, 15) is 4.39 Å². The highest BCUT2D eigenvalue weighted by Gasteiger charge is 2.07. The van der Waals surface area contributed by atoms with Crippen molar-refractivity contribution >= 4 is 15.9 Å². The van der Waals surface area contributed by atoms with Crippen molar-refractivity contribution in [1.82, 2.24) is 14.8 Å². The maximum atomic E-state index is 13.4. The molecular formula is C11H11BrFN3O. The maximum Gasteiger partial charge on any atom is 0.165 e. The van der Waals surface area contributed by atoms with Crippen LogP contribution in [-0.4, -0.2) is 14.8 Å². The van der Waals surface area contributed by atoms with Crippen LogP contribution in [0.4, 0.5) is 4.39 Å². The number of aryl methyl sites for hydroxylation is 1. The molecule has 6 heteroatoms. The second-order valence-electron chi connectivity index (χ2n) is 3.36. The van der Waals surface area contributed by atoms with Gasteiger partial charge in [0, 0.05) is 11.0 Å². The lowest BCUT2D eigenvalue weighted by atomic mass is 10.3. The summed E-state index contributed by atoms with van der Waals surface area (Å²) < 4.78 is 21.2. The Morgan fingerprint density at radius 1 is 1.47 bits per heavy atom. The molecule has 1 aromatic carbocycles. The molecule has 90 valence electrons. The zero-order valence-electron chi connectivity index (χ0n) is 9.23. The molecule has 0 aliphatic carbocycles. The largest absolute Gasteiger partial charge is 0.483 e. The quantitative estimate of drug-likeness (QED) is 0.871. The number of halogens is 2. The summed E-state index contributed by atoms with van der Waals surface area (Å²) in [7, 11) is 0. The van der Waals surface area contributed by atoms with Gasteiger partial charge in [-0.15, -0.1) is 0 Å². The molecule has 0 saturated carbocycles. The van der Waals surface area contributed by atoms with E-state index in [0.717, 1.165) is 4.47 Å². The van der Waals surface area contributed by atoms with E-state index in [1.165, 1.54) is 12.4 Å². The van der Waals surface area contributed by atoms with Crippen LogP contribution in [0.3, 0.4) is 0 Å². The number of rotatable bonds is 4. The number of aromatic nitrogens is 3. The molecule has 4 nitrogen and oxygen atoms in total. The normalized spacial score (nSPS) is 10.5. The predicted molar refractivity (Wildman–Crippen MR) is 64.1 cm³/mol. The van der Waals surface area contributed by atoms with Crippen molar-refractivity contribution in [2.45, 2.75) is 20.1 Å². The molecule has 2 rings (SSSR count). The SMILES string of the molecule is CCn1ncnc1COc1cc(Br)ccc1F. The van der Waals surface area contributed by atoms with Crippen LogP contribution in [0.1, 0.15) is 12.7 Å². The number of benzene rings is 1. The van der Waals surface area contributed by atoms with Gasteiger partial charge < -0.3 is 4.74 Å². The minimum Gasteiger partial charge on any atom is -0.483 e. The highest BCUT2D eigenvalue weighted by Crippen LogP contribution is 2.22. The van der Waals surface area contributed by atoms with Gasteiger partial charge in [-0.25, -0.2) is 14.1 Å². The average Bonchev–Trinajstić information content (AvgIpc) is 2.77. The summed E-state index contributed by atoms with van der Waals surface area (Å²) in [6.45, 7) is 2.86. The fourth-order valence-electron chi connectivity index (χ4n) is 1.39. The van der Waals surface area contributed by atoms with E-state index in [-0.39, 0.29) is 12.4 Å². The minimum atomic E-state index is -0.393. The Hall–Kier alpha value is -1.43. The molecule has 1 heterocycles. The summed E-state index contributed by atoms with van der Waals surface area (Å²) in [5.74, 6) is 0.479. The molecule has 0 unspecified atom stereocenters. The first-order valence-corrected chi connectivity index (χ1v) is 5.94. The van der Waals surface area contributed by atoms with Crippen LogP contribution in [0.2, 0.25) is 0 Å². The van der Waals surface area contributed by atoms with Crippen LogP contribution in [0.5, 0.6) is 5.75 Å². The van der Waals surface area contributed by atoms with Gasteiger partial charge in [-0.2, -0.15) is 5.10 Å². The van der Waals surface area contributed by atoms with E-state index in [1.54, 1.807) is 16.8 Å². The molecule has 0 bridgehead atoms. The summed E-state index contributed by atoms with van der Waals surface area (Å²) in [4.78, 5) is 4.05. The number of nitrogens with zero attached hydrogens (tertiary/aromatic N) is 3. The lowest BCUT2D eigenvalue weighted by molar-refractivity contribution is 0.273. The minimum absolute atomic E-state index is 0.196. The van der Waals surface area contributed by atoms with Crippen molar-refractivity contribution in [3.8, 4) is 5.75 Å². The van der Waals surface area contributed by atoms with Gasteiger partial charge in [0.25, 0.3) is 0 Å². The molecule has 0 saturated heterocycles. The van der Waals surface area contributed by atoms with Crippen LogP contribution in [-0.2, 0) is 13.2 Å². The van der Waals surface area contributed by atoms with Gasteiger partial charge in [0.05, 0.1) is 0 Å². The molecule has 0 aliphatic rings. The lowest BCUT2D eigenvalue weighted by Crippen LogP contribution is -2.07. The molecule has 17 heavy (non-hydrogen) atoms. The van der Waals surface area contributed by atoms with Crippen molar-refractivity contribution in [1.29, 1.82) is 0 Å². The van der Waals surface area contributed by atoms with Gasteiger partial charge in [0.15, 0.2) is 17.4 Å². The first-order chi connectivity index (χ1) is 8.20. The van der Waals surface area contributed by atoms with E-state index in [1.807, 2.05) is 6.92 Å². The van der Waals surface area contributed by atoms with E-state index < -0.39 is 5.82 Å². The second kappa shape index (κ2) is 5.27. The zero-order valence-corrected chi connectivity index (χ0v) is 10.8. The fraction of sp³-hybridized carbons (Fsp3) is 0.273. The zero-order chi connectivity index (χ0) is 12.3. The molecule has 0 radical (unpaired) electrons. The maximum absolute atomic E-state index is 13.4. The van der Waals surface area contributed by atoms with Crippen LogP contribution < -0.4 is 4.74 Å². The lowest BCUT2D eigenvalue weighted by Gasteiger charge is -2.07. The standard InChI is InChI=1S/C11H11BrFN3O/c1-2-16-11(14-7-15-16)6-17-10-5-8(12)3-4-9(10)13/h3-5,7H,2,6H2,1H3. The third-order valence-electron chi connectivity index (χ3n) is 2.25. The molecule has 0 spiro atoms. The first kappa shape index (κ1) is 12.0. The van der Waals surface area contributed by atoms with Gasteiger partial charge in [-0.3, -0.25) is 0 Å². The predicted octanol–water partition coefficient (Wildman–Crippen LogP) is 2.78. The Morgan fingerprint density at radius 3 is 3.06 bits per heavy atom. The highest BCUT2D eigenvalue weighted by atomic mass is 79.9. The summed E-state index contributed by atoms with van der Waals surface area (Å²) in [6.07, 6.45) is 1.46. The summed E-state index contributed by atoms with van der Waals surface area (Å²) in [5.41, 5.74) is 0. The average molecular weight is 300 g/mol. The third-order valence-corrected chi connectivity index (χ3v) is 2.74. The first-order valence-electron chi connectivity index (χ1n) is 5.15. The Labute approximate surface area is 107 Å². The van der Waals surface area contributed by atoms with E-state index in [2.05, 4.69) is 26.0 Å². The Bertz CT molecular complexity index is 515. The van der Waals surface area contributed by atoms with Crippen molar-refractivity contribution < 1.29 is 9.13 Å². The van der Waals surface area contributed by atoms with Gasteiger partial charge in [-0.1, -0.05) is 15.9 Å². The van der Waals surface area contributed by atoms with Crippen molar-refractivity contribution in [3.63, 3.8) is 0 Å². The fourth-order valence-corrected chi connectivity index (χ4v) is 1.73. The van der Waals surface area contributed by atoms with Crippen molar-refractivity contribution in [2.24, 2.45) is 0 Å². The van der Waals surface area contributed by atoms with Crippen LogP contribution in [0.15, 0.2) is 29.0 Å². The Kier molecular flexibility index (Phi) is 3.73. The monoisotopic (exact) mass is 299 g/mol. The molecule has 0 amide bonds. The number of hydrogen-bond acceptors (Lipinski definition) is 3. The second-order valence-corrected chi connectivity index (χ2v) is 4.27.